The number of rotatable bonds is 5. The molecule has 32 heavy (non-hydrogen) atoms. The third kappa shape index (κ3) is 5.09. The van der Waals surface area contributed by atoms with Crippen LogP contribution in [0.4, 0.5) is 4.79 Å². The number of amides is 3. The Kier molecular flexibility index (Phi) is 6.59. The van der Waals surface area contributed by atoms with Crippen LogP contribution < -0.4 is 10.2 Å². The van der Waals surface area contributed by atoms with Crippen molar-refractivity contribution in [2.45, 2.75) is 44.7 Å². The van der Waals surface area contributed by atoms with Gasteiger partial charge in [0.25, 0.3) is 11.8 Å². The topological polar surface area (TPSA) is 125 Å². The van der Waals surface area contributed by atoms with Crippen LogP contribution in [-0.2, 0) is 19.1 Å². The van der Waals surface area contributed by atoms with Gasteiger partial charge in [0, 0.05) is 12.3 Å². The van der Waals surface area contributed by atoms with Gasteiger partial charge in [0.1, 0.15) is 16.7 Å². The van der Waals surface area contributed by atoms with Crippen molar-refractivity contribution in [1.29, 1.82) is 0 Å². The van der Waals surface area contributed by atoms with Gasteiger partial charge in [-0.3, -0.25) is 14.4 Å². The Morgan fingerprint density at radius 2 is 1.94 bits per heavy atom. The molecule has 3 rings (SSSR count). The molecule has 1 aromatic rings. The van der Waals surface area contributed by atoms with E-state index in [4.69, 9.17) is 9.47 Å². The second-order valence-electron chi connectivity index (χ2n) is 8.96. The lowest BCUT2D eigenvalue weighted by Gasteiger charge is -2.55. The van der Waals surface area contributed by atoms with Gasteiger partial charge < -0.3 is 19.5 Å². The molecule has 2 N–H and O–H groups in total. The van der Waals surface area contributed by atoms with Gasteiger partial charge in [-0.1, -0.05) is 18.2 Å². The minimum Gasteiger partial charge on any atom is -0.484 e. The van der Waals surface area contributed by atoms with Crippen LogP contribution in [0.1, 0.15) is 27.7 Å². The SMILES string of the molecule is CC(C)(C)OC(=O)NN(C(=O)COc1ccccc1)C1C(=O)N2CC(C)(C(=O)O)CS[C@H]12. The standard InChI is InChI=1S/C21H27N3O7S/c1-20(2,3)31-19(29)22-24(14(25)10-30-13-8-6-5-7-9-13)15-16(26)23-11-21(4,18(27)28)12-32-17(15)23/h5-9,15,17H,10-12H2,1-4H3,(H,22,29)(H,27,28)/t15?,17-,21?/m1/s1. The number of β-lactam (4-membered cyclic amide) rings is 1. The summed E-state index contributed by atoms with van der Waals surface area (Å²) in [5.41, 5.74) is 0.499. The van der Waals surface area contributed by atoms with Crippen molar-refractivity contribution < 1.29 is 33.8 Å². The Morgan fingerprint density at radius 3 is 2.53 bits per heavy atom. The van der Waals surface area contributed by atoms with Crippen molar-refractivity contribution in [1.82, 2.24) is 15.3 Å². The number of benzene rings is 1. The lowest BCUT2D eigenvalue weighted by atomic mass is 9.89. The molecule has 2 aliphatic heterocycles. The summed E-state index contributed by atoms with van der Waals surface area (Å²) in [5.74, 6) is -1.34. The molecule has 0 saturated carbocycles. The number of carbonyl (C=O) groups excluding carboxylic acids is 3. The molecule has 2 aliphatic rings. The number of para-hydroxylation sites is 1. The molecular formula is C21H27N3O7S. The van der Waals surface area contributed by atoms with Crippen molar-refractivity contribution in [3.05, 3.63) is 30.3 Å². The molecule has 2 fully saturated rings. The van der Waals surface area contributed by atoms with Crippen molar-refractivity contribution in [3.63, 3.8) is 0 Å². The van der Waals surface area contributed by atoms with Gasteiger partial charge in [0.2, 0.25) is 0 Å². The van der Waals surface area contributed by atoms with E-state index in [-0.39, 0.29) is 12.3 Å². The molecule has 0 spiro atoms. The fourth-order valence-corrected chi connectivity index (χ4v) is 4.86. The largest absolute Gasteiger partial charge is 0.484 e. The highest BCUT2D eigenvalue weighted by Gasteiger charge is 2.58. The van der Waals surface area contributed by atoms with Crippen LogP contribution in [0.5, 0.6) is 5.75 Å². The quantitative estimate of drug-likeness (QED) is 0.497. The number of carbonyl (C=O) groups is 4. The van der Waals surface area contributed by atoms with E-state index in [2.05, 4.69) is 5.43 Å². The van der Waals surface area contributed by atoms with E-state index in [0.717, 1.165) is 5.01 Å². The fourth-order valence-electron chi connectivity index (χ4n) is 3.33. The van der Waals surface area contributed by atoms with E-state index >= 15 is 0 Å². The van der Waals surface area contributed by atoms with Crippen LogP contribution in [0.2, 0.25) is 0 Å². The molecule has 1 aromatic carbocycles. The fraction of sp³-hybridized carbons (Fsp3) is 0.524. The Balaban J connectivity index is 1.75. The number of ether oxygens (including phenoxy) is 2. The number of carboxylic acids is 1. The zero-order valence-electron chi connectivity index (χ0n) is 18.4. The third-order valence-corrected chi connectivity index (χ3v) is 6.64. The molecule has 0 aromatic heterocycles. The Labute approximate surface area is 190 Å². The minimum atomic E-state index is -1.08. The second-order valence-corrected chi connectivity index (χ2v) is 10.1. The summed E-state index contributed by atoms with van der Waals surface area (Å²) in [5, 5.41) is 9.94. The van der Waals surface area contributed by atoms with E-state index in [0.29, 0.717) is 5.75 Å². The maximum atomic E-state index is 13.0. The molecule has 0 radical (unpaired) electrons. The molecule has 2 unspecified atom stereocenters. The van der Waals surface area contributed by atoms with Gasteiger partial charge in [-0.05, 0) is 39.8 Å². The zero-order valence-corrected chi connectivity index (χ0v) is 19.2. The van der Waals surface area contributed by atoms with Crippen LogP contribution in [0.3, 0.4) is 0 Å². The number of hydrogen-bond donors (Lipinski definition) is 2. The number of hydrogen-bond acceptors (Lipinski definition) is 7. The smallest absolute Gasteiger partial charge is 0.426 e. The summed E-state index contributed by atoms with van der Waals surface area (Å²) in [6.07, 6.45) is -0.881. The van der Waals surface area contributed by atoms with E-state index in [9.17, 15) is 24.3 Å². The molecule has 10 nitrogen and oxygen atoms in total. The monoisotopic (exact) mass is 465 g/mol. The first-order valence-corrected chi connectivity index (χ1v) is 11.1. The van der Waals surface area contributed by atoms with Gasteiger partial charge >= 0.3 is 12.1 Å². The number of aliphatic carboxylic acids is 1. The first-order valence-electron chi connectivity index (χ1n) is 10.1. The number of hydrazine groups is 1. The molecule has 3 atom stereocenters. The van der Waals surface area contributed by atoms with Crippen molar-refractivity contribution >= 4 is 35.6 Å². The maximum Gasteiger partial charge on any atom is 0.426 e. The lowest BCUT2D eigenvalue weighted by molar-refractivity contribution is -0.169. The summed E-state index contributed by atoms with van der Waals surface area (Å²) < 4.78 is 10.7. The maximum absolute atomic E-state index is 13.0. The molecule has 2 saturated heterocycles. The highest BCUT2D eigenvalue weighted by molar-refractivity contribution is 8.00. The normalized spacial score (nSPS) is 24.6. The summed E-state index contributed by atoms with van der Waals surface area (Å²) in [6, 6.07) is 7.68. The molecule has 174 valence electrons. The summed E-state index contributed by atoms with van der Waals surface area (Å²) in [6.45, 7) is 6.23. The lowest BCUT2D eigenvalue weighted by Crippen LogP contribution is -2.76. The van der Waals surface area contributed by atoms with Gasteiger partial charge in [0.05, 0.1) is 5.41 Å². The van der Waals surface area contributed by atoms with E-state index in [1.54, 1.807) is 58.0 Å². The van der Waals surface area contributed by atoms with Crippen LogP contribution in [-0.4, -0.2) is 74.8 Å². The predicted octanol–water partition coefficient (Wildman–Crippen LogP) is 1.71. The first-order chi connectivity index (χ1) is 14.9. The van der Waals surface area contributed by atoms with Gasteiger partial charge in [-0.15, -0.1) is 11.8 Å². The summed E-state index contributed by atoms with van der Waals surface area (Å²) >= 11 is 1.26. The van der Waals surface area contributed by atoms with Crippen LogP contribution >= 0.6 is 11.8 Å². The van der Waals surface area contributed by atoms with Crippen molar-refractivity contribution in [2.24, 2.45) is 5.41 Å². The molecular weight excluding hydrogens is 438 g/mol. The molecule has 3 amide bonds. The third-order valence-electron chi connectivity index (χ3n) is 4.98. The number of fused-ring (bicyclic) bond motifs is 1. The molecule has 2 heterocycles. The molecule has 0 aliphatic carbocycles. The van der Waals surface area contributed by atoms with Gasteiger partial charge in [-0.2, -0.15) is 0 Å². The van der Waals surface area contributed by atoms with E-state index < -0.39 is 52.9 Å². The minimum absolute atomic E-state index is 0.0321. The van der Waals surface area contributed by atoms with Crippen molar-refractivity contribution in [2.75, 3.05) is 18.9 Å². The van der Waals surface area contributed by atoms with Crippen molar-refractivity contribution in [3.8, 4) is 5.75 Å². The van der Waals surface area contributed by atoms with Gasteiger partial charge in [-0.25, -0.2) is 15.2 Å². The van der Waals surface area contributed by atoms with Crippen LogP contribution in [0.25, 0.3) is 0 Å². The first kappa shape index (κ1) is 23.7. The average Bonchev–Trinajstić information content (AvgIpc) is 2.71. The number of nitrogens with zero attached hydrogens (tertiary/aromatic N) is 2. The average molecular weight is 466 g/mol. The summed E-state index contributed by atoms with van der Waals surface area (Å²) in [7, 11) is 0. The Hall–Kier alpha value is -2.95. The number of carboxylic acid groups (broad SMARTS) is 1. The zero-order chi connectivity index (χ0) is 23.7. The van der Waals surface area contributed by atoms with E-state index in [1.807, 2.05) is 0 Å². The summed E-state index contributed by atoms with van der Waals surface area (Å²) in [4.78, 5) is 51.2. The van der Waals surface area contributed by atoms with Gasteiger partial charge in [0.15, 0.2) is 12.6 Å². The van der Waals surface area contributed by atoms with Crippen LogP contribution in [0.15, 0.2) is 30.3 Å². The second kappa shape index (κ2) is 8.89. The Bertz CT molecular complexity index is 904. The molecule has 0 bridgehead atoms. The number of nitrogens with one attached hydrogen (secondary N) is 1. The van der Waals surface area contributed by atoms with Crippen LogP contribution in [0, 0.1) is 5.41 Å². The highest BCUT2D eigenvalue weighted by atomic mass is 32.2. The number of thioether (sulfide) groups is 1. The van der Waals surface area contributed by atoms with E-state index in [1.165, 1.54) is 16.7 Å². The predicted molar refractivity (Wildman–Crippen MR) is 116 cm³/mol. The molecule has 11 heteroatoms. The highest BCUT2D eigenvalue weighted by Crippen LogP contribution is 2.43. The Morgan fingerprint density at radius 1 is 1.28 bits per heavy atom.